The molecule has 0 radical (unpaired) electrons. The summed E-state index contributed by atoms with van der Waals surface area (Å²) in [6, 6.07) is 6.44. The summed E-state index contributed by atoms with van der Waals surface area (Å²) < 4.78 is 0. The van der Waals surface area contributed by atoms with Crippen LogP contribution in [-0.4, -0.2) is 22.3 Å². The molecule has 33 heavy (non-hydrogen) atoms. The van der Waals surface area contributed by atoms with Gasteiger partial charge in [0.25, 0.3) is 5.91 Å². The third kappa shape index (κ3) is 5.45. The van der Waals surface area contributed by atoms with Gasteiger partial charge < -0.3 is 0 Å². The van der Waals surface area contributed by atoms with E-state index >= 15 is 0 Å². The number of nitrogens with zero attached hydrogens (tertiary/aromatic N) is 2. The van der Waals surface area contributed by atoms with E-state index in [2.05, 4.69) is 44.4 Å². The number of amides is 1. The highest BCUT2D eigenvalue weighted by atomic mass is 16.2. The summed E-state index contributed by atoms with van der Waals surface area (Å²) >= 11 is 0. The molecule has 5 nitrogen and oxygen atoms in total. The first-order valence-corrected chi connectivity index (χ1v) is 13.4. The molecule has 2 saturated carbocycles. The minimum atomic E-state index is -0.659. The molecule has 0 spiro atoms. The summed E-state index contributed by atoms with van der Waals surface area (Å²) in [5.41, 5.74) is 5.74. The summed E-state index contributed by atoms with van der Waals surface area (Å²) in [5.74, 6) is 8.62. The molecule has 4 rings (SSSR count). The van der Waals surface area contributed by atoms with Crippen molar-refractivity contribution in [3.8, 4) is 0 Å². The number of nitrogens with two attached hydrogens (primary N) is 1. The fourth-order valence-corrected chi connectivity index (χ4v) is 6.56. The number of aryl methyl sites for hydroxylation is 2. The second-order valence-corrected chi connectivity index (χ2v) is 11.2. The zero-order valence-corrected chi connectivity index (χ0v) is 21.0. The van der Waals surface area contributed by atoms with Crippen molar-refractivity contribution in [3.63, 3.8) is 0 Å². The van der Waals surface area contributed by atoms with Crippen LogP contribution in [0.5, 0.6) is 0 Å². The predicted molar refractivity (Wildman–Crippen MR) is 136 cm³/mol. The van der Waals surface area contributed by atoms with Crippen LogP contribution in [0.4, 0.5) is 0 Å². The minimum absolute atomic E-state index is 0.156. The number of hydrogen-bond donors (Lipinski definition) is 2. The van der Waals surface area contributed by atoms with Crippen LogP contribution in [-0.2, 0) is 11.3 Å². The number of aliphatic imine (C=N–C) groups is 1. The number of hydrogen-bond acceptors (Lipinski definition) is 4. The number of rotatable bonds is 7. The lowest BCUT2D eigenvalue weighted by molar-refractivity contribution is -0.133. The maximum atomic E-state index is 14.1. The van der Waals surface area contributed by atoms with Gasteiger partial charge >= 0.3 is 0 Å². The van der Waals surface area contributed by atoms with Gasteiger partial charge in [0, 0.05) is 0 Å². The Hall–Kier alpha value is -1.88. The molecule has 1 heterocycles. The lowest BCUT2D eigenvalue weighted by Gasteiger charge is -2.36. The normalized spacial score (nSPS) is 28.8. The molecule has 1 aromatic rings. The summed E-state index contributed by atoms with van der Waals surface area (Å²) in [5, 5.41) is 0. The molecule has 3 N–H and O–H groups in total. The first-order chi connectivity index (χ1) is 15.9. The van der Waals surface area contributed by atoms with Crippen molar-refractivity contribution < 1.29 is 4.79 Å². The fourth-order valence-electron chi connectivity index (χ4n) is 6.56. The Bertz CT molecular complexity index is 859. The maximum absolute atomic E-state index is 14.1. The first-order valence-electron chi connectivity index (χ1n) is 13.4. The topological polar surface area (TPSA) is 70.7 Å². The third-order valence-corrected chi connectivity index (χ3v) is 8.75. The van der Waals surface area contributed by atoms with Gasteiger partial charge in [-0.2, -0.15) is 0 Å². The molecule has 2 aliphatic carbocycles. The molecular formula is C28H44N4O. The van der Waals surface area contributed by atoms with Crippen LogP contribution < -0.4 is 11.3 Å². The number of carbonyl (C=O) groups excluding carboxylic acids is 1. The summed E-state index contributed by atoms with van der Waals surface area (Å²) in [6.45, 7) is 7.13. The molecule has 182 valence electrons. The lowest BCUT2D eigenvalue weighted by atomic mass is 9.71. The molecule has 1 amide bonds. The second-order valence-electron chi connectivity index (χ2n) is 11.2. The quantitative estimate of drug-likeness (QED) is 0.407. The smallest absolute Gasteiger partial charge is 0.257 e. The molecule has 2 fully saturated rings. The van der Waals surface area contributed by atoms with Crippen LogP contribution in [0.25, 0.3) is 0 Å². The van der Waals surface area contributed by atoms with Crippen LogP contribution in [0.2, 0.25) is 0 Å². The van der Waals surface area contributed by atoms with E-state index in [0.717, 1.165) is 30.7 Å². The summed E-state index contributed by atoms with van der Waals surface area (Å²) in [4.78, 5) is 21.1. The number of benzene rings is 1. The van der Waals surface area contributed by atoms with E-state index < -0.39 is 5.54 Å². The van der Waals surface area contributed by atoms with Crippen molar-refractivity contribution in [2.24, 2.45) is 28.6 Å². The van der Waals surface area contributed by atoms with Crippen molar-refractivity contribution in [3.05, 3.63) is 34.9 Å². The van der Waals surface area contributed by atoms with Gasteiger partial charge in [-0.1, -0.05) is 88.5 Å². The largest absolute Gasteiger partial charge is 0.294 e. The Kier molecular flexibility index (Phi) is 7.78. The van der Waals surface area contributed by atoms with Crippen LogP contribution in [0.3, 0.4) is 0 Å². The van der Waals surface area contributed by atoms with E-state index in [1.807, 2.05) is 4.90 Å². The molecule has 0 aromatic heterocycles. The Morgan fingerprint density at radius 1 is 1.09 bits per heavy atom. The standard InChI is InChI=1S/C28H44N4O/c1-20-13-14-25(22(3)17-20)19-32-26(33)28(30-27(32)31-29,16-15-23-10-5-4-6-11-23)18-24-12-8-7-9-21(24)2/h13-14,17,21,23-24H,4-12,15-16,18-19,29H2,1-3H3,(H,30,31)/t21?,24?,28-/m1/s1. The highest BCUT2D eigenvalue weighted by Crippen LogP contribution is 2.43. The van der Waals surface area contributed by atoms with Gasteiger partial charge in [-0.25, -0.2) is 10.8 Å². The van der Waals surface area contributed by atoms with Crippen molar-refractivity contribution >= 4 is 11.9 Å². The van der Waals surface area contributed by atoms with Crippen molar-refractivity contribution in [1.29, 1.82) is 0 Å². The Labute approximate surface area is 200 Å². The Morgan fingerprint density at radius 3 is 2.52 bits per heavy atom. The SMILES string of the molecule is Cc1ccc(CN2C(=O)[C@@](CCC3CCCCC3)(CC3CCCCC3C)N=C2NN)c(C)c1. The van der Waals surface area contributed by atoms with E-state index in [-0.39, 0.29) is 5.91 Å². The number of carbonyl (C=O) groups is 1. The van der Waals surface area contributed by atoms with Crippen LogP contribution in [0, 0.1) is 31.6 Å². The monoisotopic (exact) mass is 452 g/mol. The highest BCUT2D eigenvalue weighted by Gasteiger charge is 2.50. The Morgan fingerprint density at radius 2 is 1.82 bits per heavy atom. The average Bonchev–Trinajstić information content (AvgIpc) is 3.07. The van der Waals surface area contributed by atoms with E-state index in [4.69, 9.17) is 10.8 Å². The van der Waals surface area contributed by atoms with Crippen LogP contribution in [0.1, 0.15) is 101 Å². The molecule has 0 saturated heterocycles. The molecule has 1 aromatic carbocycles. The van der Waals surface area contributed by atoms with Crippen molar-refractivity contribution in [2.45, 2.75) is 110 Å². The van der Waals surface area contributed by atoms with E-state index in [1.54, 1.807) is 0 Å². The van der Waals surface area contributed by atoms with Gasteiger partial charge in [-0.15, -0.1) is 0 Å². The van der Waals surface area contributed by atoms with Gasteiger partial charge in [0.15, 0.2) is 0 Å². The van der Waals surface area contributed by atoms with Gasteiger partial charge in [0.05, 0.1) is 6.54 Å². The van der Waals surface area contributed by atoms with Crippen molar-refractivity contribution in [2.75, 3.05) is 0 Å². The molecule has 0 bridgehead atoms. The van der Waals surface area contributed by atoms with Crippen molar-refractivity contribution in [1.82, 2.24) is 10.3 Å². The van der Waals surface area contributed by atoms with Crippen LogP contribution >= 0.6 is 0 Å². The average molecular weight is 453 g/mol. The van der Waals surface area contributed by atoms with Gasteiger partial charge in [0.1, 0.15) is 5.54 Å². The summed E-state index contributed by atoms with van der Waals surface area (Å²) in [7, 11) is 0. The van der Waals surface area contributed by atoms with Gasteiger partial charge in [-0.05, 0) is 62.0 Å². The lowest BCUT2D eigenvalue weighted by Crippen LogP contribution is -2.48. The van der Waals surface area contributed by atoms with Crippen LogP contribution in [0.15, 0.2) is 23.2 Å². The number of nitrogens with one attached hydrogen (secondary N) is 1. The molecule has 2 unspecified atom stereocenters. The van der Waals surface area contributed by atoms with Gasteiger partial charge in [-0.3, -0.25) is 15.1 Å². The zero-order valence-electron chi connectivity index (χ0n) is 21.0. The highest BCUT2D eigenvalue weighted by molar-refractivity contribution is 6.07. The number of guanidine groups is 1. The second kappa shape index (κ2) is 10.6. The third-order valence-electron chi connectivity index (χ3n) is 8.75. The molecule has 3 atom stereocenters. The van der Waals surface area contributed by atoms with E-state index in [1.165, 1.54) is 68.9 Å². The maximum Gasteiger partial charge on any atom is 0.257 e. The number of hydrazine groups is 1. The van der Waals surface area contributed by atoms with E-state index in [0.29, 0.717) is 24.3 Å². The predicted octanol–water partition coefficient (Wildman–Crippen LogP) is 5.78. The zero-order chi connectivity index (χ0) is 23.4. The minimum Gasteiger partial charge on any atom is -0.294 e. The summed E-state index contributed by atoms with van der Waals surface area (Å²) in [6.07, 6.45) is 14.6. The molecule has 3 aliphatic rings. The molecule has 1 aliphatic heterocycles. The molecular weight excluding hydrogens is 408 g/mol. The molecule has 5 heteroatoms. The Balaban J connectivity index is 1.59. The fraction of sp³-hybridized carbons (Fsp3) is 0.714. The van der Waals surface area contributed by atoms with Gasteiger partial charge in [0.2, 0.25) is 5.96 Å². The first kappa shape index (κ1) is 24.3. The van der Waals surface area contributed by atoms with E-state index in [9.17, 15) is 4.79 Å².